The Bertz CT molecular complexity index is 888. The van der Waals surface area contributed by atoms with Crippen LogP contribution < -0.4 is 0 Å². The van der Waals surface area contributed by atoms with Crippen LogP contribution in [0.2, 0.25) is 5.15 Å². The molecule has 0 aliphatic rings. The highest BCUT2D eigenvalue weighted by molar-refractivity contribution is 6.30. The topological polar surface area (TPSA) is 44.1 Å². The Morgan fingerprint density at radius 3 is 2.64 bits per heavy atom. The average Bonchev–Trinajstić information content (AvgIpc) is 2.90. The average molecular weight is 355 g/mol. The van der Waals surface area contributed by atoms with E-state index in [0.29, 0.717) is 16.3 Å². The van der Waals surface area contributed by atoms with Crippen LogP contribution >= 0.6 is 11.6 Å². The maximum absolute atomic E-state index is 12.5. The Balaban J connectivity index is 1.75. The molecule has 0 aliphatic carbocycles. The monoisotopic (exact) mass is 354 g/mol. The molecule has 0 unspecified atom stereocenters. The summed E-state index contributed by atoms with van der Waals surface area (Å²) in [5.74, 6) is -0.354. The van der Waals surface area contributed by atoms with Gasteiger partial charge in [-0.25, -0.2) is 9.78 Å². The van der Waals surface area contributed by atoms with Gasteiger partial charge in [-0.1, -0.05) is 48.0 Å². The van der Waals surface area contributed by atoms with Crippen LogP contribution in [0.1, 0.15) is 32.9 Å². The van der Waals surface area contributed by atoms with E-state index in [0.717, 1.165) is 17.9 Å². The first-order chi connectivity index (χ1) is 12.1. The van der Waals surface area contributed by atoms with Gasteiger partial charge < -0.3 is 9.30 Å². The summed E-state index contributed by atoms with van der Waals surface area (Å²) >= 11 is 6.00. The number of ether oxygens (including phenoxy) is 1. The minimum Gasteiger partial charge on any atom is -0.457 e. The van der Waals surface area contributed by atoms with Gasteiger partial charge >= 0.3 is 5.97 Å². The van der Waals surface area contributed by atoms with Gasteiger partial charge in [-0.15, -0.1) is 0 Å². The highest BCUT2D eigenvalue weighted by Gasteiger charge is 2.17. The summed E-state index contributed by atoms with van der Waals surface area (Å²) in [7, 11) is 0. The molecule has 0 saturated heterocycles. The Morgan fingerprint density at radius 2 is 1.92 bits per heavy atom. The Morgan fingerprint density at radius 1 is 1.16 bits per heavy atom. The molecule has 0 atom stereocenters. The van der Waals surface area contributed by atoms with Gasteiger partial charge in [0.15, 0.2) is 0 Å². The largest absolute Gasteiger partial charge is 0.457 e. The predicted octanol–water partition coefficient (Wildman–Crippen LogP) is 4.56. The zero-order valence-corrected chi connectivity index (χ0v) is 15.0. The van der Waals surface area contributed by atoms with Gasteiger partial charge in [0.1, 0.15) is 11.8 Å². The number of hydrogen-bond donors (Lipinski definition) is 0. The maximum atomic E-state index is 12.5. The summed E-state index contributed by atoms with van der Waals surface area (Å²) < 4.78 is 7.53. The fraction of sp³-hybridized carbons (Fsp3) is 0.200. The van der Waals surface area contributed by atoms with Crippen molar-refractivity contribution in [2.45, 2.75) is 27.0 Å². The van der Waals surface area contributed by atoms with Crippen molar-refractivity contribution in [3.63, 3.8) is 0 Å². The molecular weight excluding hydrogens is 336 g/mol. The molecule has 2 heterocycles. The van der Waals surface area contributed by atoms with Gasteiger partial charge in [0.05, 0.1) is 5.56 Å². The lowest BCUT2D eigenvalue weighted by molar-refractivity contribution is 0.0471. The Kier molecular flexibility index (Phi) is 5.19. The number of benzene rings is 1. The molecule has 3 rings (SSSR count). The van der Waals surface area contributed by atoms with Gasteiger partial charge in [0.25, 0.3) is 0 Å². The Labute approximate surface area is 152 Å². The molecule has 1 aromatic carbocycles. The second-order valence-electron chi connectivity index (χ2n) is 5.89. The first-order valence-electron chi connectivity index (χ1n) is 8.03. The molecule has 0 aliphatic heterocycles. The molecule has 0 fully saturated rings. The third-order valence-electron chi connectivity index (χ3n) is 4.17. The van der Waals surface area contributed by atoms with Gasteiger partial charge in [-0.05, 0) is 31.5 Å². The van der Waals surface area contributed by atoms with Crippen molar-refractivity contribution in [3.8, 4) is 0 Å². The van der Waals surface area contributed by atoms with E-state index >= 15 is 0 Å². The molecule has 4 nitrogen and oxygen atoms in total. The molecule has 0 amide bonds. The van der Waals surface area contributed by atoms with Gasteiger partial charge in [-0.3, -0.25) is 0 Å². The minimum atomic E-state index is -0.354. The zero-order chi connectivity index (χ0) is 17.8. The maximum Gasteiger partial charge on any atom is 0.340 e. The van der Waals surface area contributed by atoms with E-state index in [1.807, 2.05) is 38.1 Å². The molecule has 0 radical (unpaired) electrons. The molecule has 0 spiro atoms. The molecule has 5 heteroatoms. The van der Waals surface area contributed by atoms with E-state index in [9.17, 15) is 4.79 Å². The van der Waals surface area contributed by atoms with Crippen LogP contribution in [-0.2, 0) is 17.9 Å². The highest BCUT2D eigenvalue weighted by Crippen LogP contribution is 2.19. The van der Waals surface area contributed by atoms with E-state index in [-0.39, 0.29) is 12.6 Å². The highest BCUT2D eigenvalue weighted by atomic mass is 35.5. The van der Waals surface area contributed by atoms with Gasteiger partial charge in [-0.2, -0.15) is 0 Å². The van der Waals surface area contributed by atoms with E-state index in [4.69, 9.17) is 16.3 Å². The summed E-state index contributed by atoms with van der Waals surface area (Å²) in [4.78, 5) is 16.5. The van der Waals surface area contributed by atoms with Crippen LogP contribution in [0.25, 0.3) is 0 Å². The van der Waals surface area contributed by atoms with E-state index in [1.54, 1.807) is 18.3 Å². The molecule has 128 valence electrons. The van der Waals surface area contributed by atoms with E-state index in [1.165, 1.54) is 5.56 Å². The van der Waals surface area contributed by atoms with Crippen molar-refractivity contribution in [1.29, 1.82) is 0 Å². The molecule has 3 aromatic rings. The number of halogens is 1. The molecule has 0 N–H and O–H groups in total. The quantitative estimate of drug-likeness (QED) is 0.498. The smallest absolute Gasteiger partial charge is 0.340 e. The Hall–Kier alpha value is -2.59. The van der Waals surface area contributed by atoms with E-state index < -0.39 is 0 Å². The van der Waals surface area contributed by atoms with E-state index in [2.05, 4.69) is 21.7 Å². The van der Waals surface area contributed by atoms with Crippen molar-refractivity contribution in [3.05, 3.63) is 88.0 Å². The van der Waals surface area contributed by atoms with Crippen molar-refractivity contribution in [2.75, 3.05) is 0 Å². The molecule has 0 bridgehead atoms. The van der Waals surface area contributed by atoms with Crippen LogP contribution in [0.3, 0.4) is 0 Å². The number of rotatable bonds is 5. The summed E-state index contributed by atoms with van der Waals surface area (Å²) in [5.41, 5.74) is 4.37. The van der Waals surface area contributed by atoms with Gasteiger partial charge in [0, 0.05) is 29.7 Å². The standard InChI is InChI=1S/C20H19ClN2O2/c1-14-11-18(15(2)23(14)12-16-7-4-3-5-8-16)20(24)25-13-17-9-6-10-22-19(17)21/h3-11H,12-13H2,1-2H3. The summed E-state index contributed by atoms with van der Waals surface area (Å²) in [6.45, 7) is 4.75. The number of aryl methyl sites for hydroxylation is 1. The SMILES string of the molecule is Cc1cc(C(=O)OCc2cccnc2Cl)c(C)n1Cc1ccccc1. The van der Waals surface area contributed by atoms with Crippen molar-refractivity contribution < 1.29 is 9.53 Å². The first kappa shape index (κ1) is 17.2. The number of carbonyl (C=O) groups is 1. The fourth-order valence-corrected chi connectivity index (χ4v) is 2.94. The third kappa shape index (κ3) is 3.91. The lowest BCUT2D eigenvalue weighted by Crippen LogP contribution is -2.09. The van der Waals surface area contributed by atoms with Gasteiger partial charge in [0.2, 0.25) is 0 Å². The summed E-state index contributed by atoms with van der Waals surface area (Å²) in [5, 5.41) is 0.352. The van der Waals surface area contributed by atoms with Crippen molar-refractivity contribution in [2.24, 2.45) is 0 Å². The molecular formula is C20H19ClN2O2. The van der Waals surface area contributed by atoms with Crippen molar-refractivity contribution in [1.82, 2.24) is 9.55 Å². The third-order valence-corrected chi connectivity index (χ3v) is 4.51. The van der Waals surface area contributed by atoms with Crippen LogP contribution in [0, 0.1) is 13.8 Å². The fourth-order valence-electron chi connectivity index (χ4n) is 2.77. The predicted molar refractivity (Wildman–Crippen MR) is 97.8 cm³/mol. The number of aromatic nitrogens is 2. The normalized spacial score (nSPS) is 10.7. The lowest BCUT2D eigenvalue weighted by atomic mass is 10.2. The second-order valence-corrected chi connectivity index (χ2v) is 6.24. The summed E-state index contributed by atoms with van der Waals surface area (Å²) in [6.07, 6.45) is 1.60. The molecule has 2 aromatic heterocycles. The number of pyridine rings is 1. The van der Waals surface area contributed by atoms with Crippen LogP contribution in [0.4, 0.5) is 0 Å². The number of carbonyl (C=O) groups excluding carboxylic acids is 1. The second kappa shape index (κ2) is 7.53. The molecule has 25 heavy (non-hydrogen) atoms. The first-order valence-corrected chi connectivity index (χ1v) is 8.41. The number of esters is 1. The minimum absolute atomic E-state index is 0.105. The lowest BCUT2D eigenvalue weighted by Gasteiger charge is -2.10. The van der Waals surface area contributed by atoms with Crippen molar-refractivity contribution >= 4 is 17.6 Å². The number of hydrogen-bond acceptors (Lipinski definition) is 3. The van der Waals surface area contributed by atoms with Crippen LogP contribution in [0.15, 0.2) is 54.7 Å². The van der Waals surface area contributed by atoms with Crippen LogP contribution in [-0.4, -0.2) is 15.5 Å². The summed E-state index contributed by atoms with van der Waals surface area (Å²) in [6, 6.07) is 15.6. The number of nitrogens with zero attached hydrogens (tertiary/aromatic N) is 2. The van der Waals surface area contributed by atoms with Crippen LogP contribution in [0.5, 0.6) is 0 Å². The molecule has 0 saturated carbocycles. The zero-order valence-electron chi connectivity index (χ0n) is 14.2.